The molecule has 1 aliphatic rings. The molecule has 18 heavy (non-hydrogen) atoms. The van der Waals surface area contributed by atoms with Crippen molar-refractivity contribution in [3.63, 3.8) is 0 Å². The van der Waals surface area contributed by atoms with Gasteiger partial charge in [-0.3, -0.25) is 4.90 Å². The highest BCUT2D eigenvalue weighted by atomic mass is 16.5. The van der Waals surface area contributed by atoms with E-state index in [0.29, 0.717) is 6.61 Å². The van der Waals surface area contributed by atoms with Crippen LogP contribution in [-0.4, -0.2) is 48.6 Å². The van der Waals surface area contributed by atoms with Gasteiger partial charge in [0.15, 0.2) is 5.76 Å². The van der Waals surface area contributed by atoms with Gasteiger partial charge in [0.2, 0.25) is 0 Å². The predicted octanol–water partition coefficient (Wildman–Crippen LogP) is 1.61. The van der Waals surface area contributed by atoms with Gasteiger partial charge >= 0.3 is 0 Å². The fraction of sp³-hybridized carbons (Fsp3) is 0.769. The molecule has 0 amide bonds. The SMILES string of the molecule is COC[C@@H]1CN(Cc2cc(C)no2)CC(C)(C)O1. The van der Waals surface area contributed by atoms with Crippen LogP contribution in [0.25, 0.3) is 0 Å². The maximum absolute atomic E-state index is 5.97. The Hall–Kier alpha value is -0.910. The fourth-order valence-electron chi connectivity index (χ4n) is 2.52. The van der Waals surface area contributed by atoms with E-state index in [1.54, 1.807) is 7.11 Å². The molecule has 0 aliphatic carbocycles. The summed E-state index contributed by atoms with van der Waals surface area (Å²) >= 11 is 0. The summed E-state index contributed by atoms with van der Waals surface area (Å²) in [5.74, 6) is 0.904. The summed E-state index contributed by atoms with van der Waals surface area (Å²) in [4.78, 5) is 2.33. The molecule has 5 nitrogen and oxygen atoms in total. The third-order valence-corrected chi connectivity index (χ3v) is 2.96. The van der Waals surface area contributed by atoms with E-state index in [1.807, 2.05) is 13.0 Å². The fourth-order valence-corrected chi connectivity index (χ4v) is 2.52. The topological polar surface area (TPSA) is 47.7 Å². The van der Waals surface area contributed by atoms with Gasteiger partial charge in [0.25, 0.3) is 0 Å². The minimum Gasteiger partial charge on any atom is -0.382 e. The van der Waals surface area contributed by atoms with Crippen LogP contribution in [0, 0.1) is 6.92 Å². The second-order valence-electron chi connectivity index (χ2n) is 5.56. The van der Waals surface area contributed by atoms with Crippen molar-refractivity contribution in [2.75, 3.05) is 26.8 Å². The normalized spacial score (nSPS) is 24.3. The average molecular weight is 254 g/mol. The van der Waals surface area contributed by atoms with Crippen LogP contribution in [0.15, 0.2) is 10.6 Å². The van der Waals surface area contributed by atoms with Crippen LogP contribution in [0.5, 0.6) is 0 Å². The van der Waals surface area contributed by atoms with Crippen LogP contribution in [0.4, 0.5) is 0 Å². The van der Waals surface area contributed by atoms with E-state index in [4.69, 9.17) is 14.0 Å². The molecule has 0 aromatic carbocycles. The number of nitrogens with zero attached hydrogens (tertiary/aromatic N) is 2. The molecule has 1 aromatic rings. The highest BCUT2D eigenvalue weighted by Crippen LogP contribution is 2.22. The van der Waals surface area contributed by atoms with Crippen molar-refractivity contribution >= 4 is 0 Å². The van der Waals surface area contributed by atoms with Crippen molar-refractivity contribution in [2.45, 2.75) is 39.0 Å². The summed E-state index contributed by atoms with van der Waals surface area (Å²) in [7, 11) is 1.70. The number of ether oxygens (including phenoxy) is 2. The minimum absolute atomic E-state index is 0.114. The Morgan fingerprint density at radius 3 is 2.94 bits per heavy atom. The second-order valence-corrected chi connectivity index (χ2v) is 5.56. The largest absolute Gasteiger partial charge is 0.382 e. The molecule has 0 saturated carbocycles. The molecule has 0 bridgehead atoms. The first kappa shape index (κ1) is 13.5. The first-order chi connectivity index (χ1) is 8.48. The lowest BCUT2D eigenvalue weighted by Crippen LogP contribution is -2.53. The molecule has 1 fully saturated rings. The van der Waals surface area contributed by atoms with Crippen molar-refractivity contribution in [3.8, 4) is 0 Å². The minimum atomic E-state index is -0.156. The quantitative estimate of drug-likeness (QED) is 0.817. The summed E-state index contributed by atoms with van der Waals surface area (Å²) < 4.78 is 16.4. The van der Waals surface area contributed by atoms with Crippen LogP contribution in [-0.2, 0) is 16.0 Å². The van der Waals surface area contributed by atoms with Crippen molar-refractivity contribution in [1.82, 2.24) is 10.1 Å². The molecule has 1 aliphatic heterocycles. The maximum atomic E-state index is 5.97. The molecular formula is C13H22N2O3. The van der Waals surface area contributed by atoms with Gasteiger partial charge in [-0.1, -0.05) is 5.16 Å². The van der Waals surface area contributed by atoms with Crippen molar-refractivity contribution in [1.29, 1.82) is 0 Å². The van der Waals surface area contributed by atoms with Crippen LogP contribution < -0.4 is 0 Å². The first-order valence-corrected chi connectivity index (χ1v) is 6.30. The van der Waals surface area contributed by atoms with Gasteiger partial charge in [-0.2, -0.15) is 0 Å². The van der Waals surface area contributed by atoms with Gasteiger partial charge in [-0.05, 0) is 20.8 Å². The Bertz CT molecular complexity index is 389. The molecule has 102 valence electrons. The molecule has 5 heteroatoms. The predicted molar refractivity (Wildman–Crippen MR) is 67.3 cm³/mol. The molecule has 2 heterocycles. The number of morpholine rings is 1. The van der Waals surface area contributed by atoms with Crippen LogP contribution in [0.3, 0.4) is 0 Å². The van der Waals surface area contributed by atoms with Crippen LogP contribution in [0.2, 0.25) is 0 Å². The lowest BCUT2D eigenvalue weighted by atomic mass is 10.1. The van der Waals surface area contributed by atoms with Crippen molar-refractivity contribution < 1.29 is 14.0 Å². The summed E-state index contributed by atoms with van der Waals surface area (Å²) in [6, 6.07) is 1.98. The molecule has 1 saturated heterocycles. The number of hydrogen-bond donors (Lipinski definition) is 0. The first-order valence-electron chi connectivity index (χ1n) is 6.30. The van der Waals surface area contributed by atoms with E-state index >= 15 is 0 Å². The Labute approximate surface area is 108 Å². The summed E-state index contributed by atoms with van der Waals surface area (Å²) in [5, 5.41) is 3.92. The van der Waals surface area contributed by atoms with E-state index in [0.717, 1.165) is 31.1 Å². The number of rotatable bonds is 4. The standard InChI is InChI=1S/C13H22N2O3/c1-10-5-11(18-14-10)6-15-7-12(8-16-4)17-13(2,3)9-15/h5,12H,6-9H2,1-4H3/t12-/m0/s1. The molecule has 0 unspecified atom stereocenters. The van der Waals surface area contributed by atoms with Crippen LogP contribution >= 0.6 is 0 Å². The molecule has 1 atom stereocenters. The van der Waals surface area contributed by atoms with Crippen molar-refractivity contribution in [2.24, 2.45) is 0 Å². The summed E-state index contributed by atoms with van der Waals surface area (Å²) in [6.45, 7) is 9.28. The monoisotopic (exact) mass is 254 g/mol. The summed E-state index contributed by atoms with van der Waals surface area (Å²) in [5.41, 5.74) is 0.766. The van der Waals surface area contributed by atoms with E-state index in [-0.39, 0.29) is 11.7 Å². The summed E-state index contributed by atoms with van der Waals surface area (Å²) in [6.07, 6.45) is 0.114. The Morgan fingerprint density at radius 1 is 1.56 bits per heavy atom. The van der Waals surface area contributed by atoms with E-state index in [9.17, 15) is 0 Å². The van der Waals surface area contributed by atoms with Crippen molar-refractivity contribution in [3.05, 3.63) is 17.5 Å². The molecule has 2 rings (SSSR count). The van der Waals surface area contributed by atoms with Crippen LogP contribution in [0.1, 0.15) is 25.3 Å². The Balaban J connectivity index is 1.98. The van der Waals surface area contributed by atoms with E-state index < -0.39 is 0 Å². The van der Waals surface area contributed by atoms with Gasteiger partial charge in [0.05, 0.1) is 30.6 Å². The molecule has 0 N–H and O–H groups in total. The molecule has 1 aromatic heterocycles. The third kappa shape index (κ3) is 3.54. The Kier molecular flexibility index (Phi) is 4.04. The molecular weight excluding hydrogens is 232 g/mol. The highest BCUT2D eigenvalue weighted by Gasteiger charge is 2.33. The zero-order valence-corrected chi connectivity index (χ0v) is 11.6. The molecule has 0 radical (unpaired) electrons. The third-order valence-electron chi connectivity index (χ3n) is 2.96. The number of methoxy groups -OCH3 is 1. The van der Waals surface area contributed by atoms with Gasteiger partial charge in [0, 0.05) is 26.3 Å². The van der Waals surface area contributed by atoms with Gasteiger partial charge < -0.3 is 14.0 Å². The number of hydrogen-bond acceptors (Lipinski definition) is 5. The highest BCUT2D eigenvalue weighted by molar-refractivity contribution is 5.03. The smallest absolute Gasteiger partial charge is 0.150 e. The van der Waals surface area contributed by atoms with E-state index in [1.165, 1.54) is 0 Å². The second kappa shape index (κ2) is 5.38. The van der Waals surface area contributed by atoms with Gasteiger partial charge in [-0.25, -0.2) is 0 Å². The Morgan fingerprint density at radius 2 is 2.33 bits per heavy atom. The van der Waals surface area contributed by atoms with E-state index in [2.05, 4.69) is 23.9 Å². The average Bonchev–Trinajstić information content (AvgIpc) is 2.61. The zero-order chi connectivity index (χ0) is 13.2. The lowest BCUT2D eigenvalue weighted by molar-refractivity contribution is -0.155. The zero-order valence-electron chi connectivity index (χ0n) is 11.6. The lowest BCUT2D eigenvalue weighted by Gasteiger charge is -2.42. The maximum Gasteiger partial charge on any atom is 0.150 e. The molecule has 0 spiro atoms. The number of aryl methyl sites for hydroxylation is 1. The van der Waals surface area contributed by atoms with Gasteiger partial charge in [-0.15, -0.1) is 0 Å². The number of aromatic nitrogens is 1. The van der Waals surface area contributed by atoms with Gasteiger partial charge in [0.1, 0.15) is 0 Å².